The summed E-state index contributed by atoms with van der Waals surface area (Å²) >= 11 is 0. The van der Waals surface area contributed by atoms with Crippen LogP contribution in [0.1, 0.15) is 12.1 Å². The van der Waals surface area contributed by atoms with Crippen molar-refractivity contribution < 1.29 is 4.79 Å². The summed E-state index contributed by atoms with van der Waals surface area (Å²) in [5.74, 6) is 3.57. The molecule has 106 valence electrons. The van der Waals surface area contributed by atoms with Crippen molar-refractivity contribution in [2.75, 3.05) is 11.4 Å². The molecule has 2 aromatic rings. The molecule has 21 heavy (non-hydrogen) atoms. The van der Waals surface area contributed by atoms with Gasteiger partial charge >= 0.3 is 0 Å². The molecule has 1 fully saturated rings. The number of amides is 1. The molecular weight excluding hydrogens is 262 g/mol. The number of hydrogen-bond donors (Lipinski definition) is 0. The van der Waals surface area contributed by atoms with E-state index in [1.165, 1.54) is 0 Å². The van der Waals surface area contributed by atoms with Gasteiger partial charge in [-0.1, -0.05) is 30.3 Å². The lowest BCUT2D eigenvalue weighted by Crippen LogP contribution is -2.27. The van der Waals surface area contributed by atoms with E-state index in [0.29, 0.717) is 13.0 Å². The smallest absolute Gasteiger partial charge is 0.229 e. The van der Waals surface area contributed by atoms with Crippen LogP contribution in [0, 0.1) is 25.2 Å². The normalized spacial score (nSPS) is 18.0. The lowest BCUT2D eigenvalue weighted by Gasteiger charge is -2.18. The zero-order valence-electron chi connectivity index (χ0n) is 12.2. The SMILES string of the molecule is C#CC1CC(=O)N(c2c(-c3ccccc3)c(C)nn2C)C1. The van der Waals surface area contributed by atoms with E-state index in [-0.39, 0.29) is 11.8 Å². The largest absolute Gasteiger partial charge is 0.295 e. The number of aromatic nitrogens is 2. The second-order valence-electron chi connectivity index (χ2n) is 5.35. The number of aryl methyl sites for hydroxylation is 2. The molecule has 0 spiro atoms. The summed E-state index contributed by atoms with van der Waals surface area (Å²) in [4.78, 5) is 14.0. The molecule has 0 saturated carbocycles. The summed E-state index contributed by atoms with van der Waals surface area (Å²) < 4.78 is 1.77. The number of nitrogens with zero attached hydrogens (tertiary/aromatic N) is 3. The molecule has 1 aliphatic heterocycles. The van der Waals surface area contributed by atoms with Gasteiger partial charge in [0.15, 0.2) is 0 Å². The maximum absolute atomic E-state index is 12.3. The van der Waals surface area contributed by atoms with Crippen molar-refractivity contribution in [3.8, 4) is 23.5 Å². The van der Waals surface area contributed by atoms with Crippen LogP contribution >= 0.6 is 0 Å². The van der Waals surface area contributed by atoms with E-state index in [2.05, 4.69) is 11.0 Å². The van der Waals surface area contributed by atoms with Gasteiger partial charge in [-0.05, 0) is 12.5 Å². The van der Waals surface area contributed by atoms with E-state index in [1.54, 1.807) is 9.58 Å². The van der Waals surface area contributed by atoms with Gasteiger partial charge in [-0.15, -0.1) is 12.3 Å². The van der Waals surface area contributed by atoms with E-state index >= 15 is 0 Å². The Balaban J connectivity index is 2.12. The molecule has 4 nitrogen and oxygen atoms in total. The summed E-state index contributed by atoms with van der Waals surface area (Å²) in [5.41, 5.74) is 2.98. The van der Waals surface area contributed by atoms with E-state index < -0.39 is 0 Å². The van der Waals surface area contributed by atoms with Crippen molar-refractivity contribution in [3.63, 3.8) is 0 Å². The number of terminal acetylenes is 1. The molecule has 0 bridgehead atoms. The molecule has 1 amide bonds. The number of hydrogen-bond acceptors (Lipinski definition) is 2. The number of anilines is 1. The highest BCUT2D eigenvalue weighted by atomic mass is 16.2. The van der Waals surface area contributed by atoms with Gasteiger partial charge in [0.05, 0.1) is 5.69 Å². The molecule has 1 unspecified atom stereocenters. The zero-order valence-corrected chi connectivity index (χ0v) is 12.2. The highest BCUT2D eigenvalue weighted by Gasteiger charge is 2.33. The van der Waals surface area contributed by atoms with Crippen molar-refractivity contribution in [2.45, 2.75) is 13.3 Å². The fourth-order valence-corrected chi connectivity index (χ4v) is 2.92. The van der Waals surface area contributed by atoms with Crippen LogP contribution in [0.5, 0.6) is 0 Å². The Labute approximate surface area is 124 Å². The topological polar surface area (TPSA) is 38.1 Å². The van der Waals surface area contributed by atoms with Crippen LogP contribution in [0.3, 0.4) is 0 Å². The molecule has 1 aliphatic rings. The van der Waals surface area contributed by atoms with Gasteiger partial charge in [-0.2, -0.15) is 5.10 Å². The first kappa shape index (κ1) is 13.4. The monoisotopic (exact) mass is 279 g/mol. The number of rotatable bonds is 2. The Hall–Kier alpha value is -2.54. The minimum absolute atomic E-state index is 0.0173. The highest BCUT2D eigenvalue weighted by molar-refractivity contribution is 5.99. The summed E-state index contributed by atoms with van der Waals surface area (Å²) in [6.45, 7) is 2.53. The summed E-state index contributed by atoms with van der Waals surface area (Å²) in [6.07, 6.45) is 5.89. The predicted molar refractivity (Wildman–Crippen MR) is 82.7 cm³/mol. The van der Waals surface area contributed by atoms with Crippen molar-refractivity contribution >= 4 is 11.7 Å². The van der Waals surface area contributed by atoms with Crippen LogP contribution in [0.4, 0.5) is 5.82 Å². The fraction of sp³-hybridized carbons (Fsp3) is 0.294. The van der Waals surface area contributed by atoms with Crippen LogP contribution in [-0.2, 0) is 11.8 Å². The van der Waals surface area contributed by atoms with Crippen molar-refractivity contribution in [1.29, 1.82) is 0 Å². The molecular formula is C17H17N3O. The van der Waals surface area contributed by atoms with Crippen LogP contribution in [0.2, 0.25) is 0 Å². The second-order valence-corrected chi connectivity index (χ2v) is 5.35. The Morgan fingerprint density at radius 3 is 2.67 bits per heavy atom. The first-order valence-electron chi connectivity index (χ1n) is 6.97. The third-order valence-electron chi connectivity index (χ3n) is 3.87. The first-order valence-corrected chi connectivity index (χ1v) is 6.97. The van der Waals surface area contributed by atoms with Crippen LogP contribution in [0.25, 0.3) is 11.1 Å². The Bertz CT molecular complexity index is 724. The van der Waals surface area contributed by atoms with Crippen LogP contribution in [-0.4, -0.2) is 22.2 Å². The molecule has 0 aliphatic carbocycles. The average molecular weight is 279 g/mol. The third kappa shape index (κ3) is 2.21. The van der Waals surface area contributed by atoms with E-state index in [9.17, 15) is 4.79 Å². The van der Waals surface area contributed by atoms with Gasteiger partial charge in [-0.3, -0.25) is 14.4 Å². The van der Waals surface area contributed by atoms with Gasteiger partial charge in [-0.25, -0.2) is 0 Å². The first-order chi connectivity index (χ1) is 10.1. The number of carbonyl (C=O) groups is 1. The Morgan fingerprint density at radius 1 is 1.33 bits per heavy atom. The summed E-state index contributed by atoms with van der Waals surface area (Å²) in [6, 6.07) is 10.0. The maximum atomic E-state index is 12.3. The third-order valence-corrected chi connectivity index (χ3v) is 3.87. The molecule has 1 atom stereocenters. The van der Waals surface area contributed by atoms with E-state index in [1.807, 2.05) is 44.3 Å². The molecule has 3 rings (SSSR count). The molecule has 0 N–H and O–H groups in total. The summed E-state index contributed by atoms with van der Waals surface area (Å²) in [7, 11) is 1.87. The second kappa shape index (κ2) is 5.10. The average Bonchev–Trinajstić information content (AvgIpc) is 2.99. The van der Waals surface area contributed by atoms with Gasteiger partial charge in [0.25, 0.3) is 0 Å². The highest BCUT2D eigenvalue weighted by Crippen LogP contribution is 2.36. The standard InChI is InChI=1S/C17H17N3O/c1-4-13-10-15(21)20(11-13)17-16(12(2)18-19(17)3)14-8-6-5-7-9-14/h1,5-9,13H,10-11H2,2-3H3. The quantitative estimate of drug-likeness (QED) is 0.792. The van der Waals surface area contributed by atoms with Gasteiger partial charge in [0.2, 0.25) is 5.91 Å². The van der Waals surface area contributed by atoms with E-state index in [4.69, 9.17) is 6.42 Å². The van der Waals surface area contributed by atoms with Crippen molar-refractivity contribution in [2.24, 2.45) is 13.0 Å². The summed E-state index contributed by atoms with van der Waals surface area (Å²) in [5, 5.41) is 4.49. The van der Waals surface area contributed by atoms with Crippen LogP contribution < -0.4 is 4.90 Å². The zero-order chi connectivity index (χ0) is 15.0. The molecule has 1 aromatic carbocycles. The van der Waals surface area contributed by atoms with Crippen molar-refractivity contribution in [3.05, 3.63) is 36.0 Å². The Kier molecular flexibility index (Phi) is 3.26. The molecule has 4 heteroatoms. The predicted octanol–water partition coefficient (Wildman–Crippen LogP) is 2.38. The van der Waals surface area contributed by atoms with E-state index in [0.717, 1.165) is 22.6 Å². The van der Waals surface area contributed by atoms with Gasteiger partial charge in [0, 0.05) is 31.5 Å². The molecule has 1 aromatic heterocycles. The molecule has 1 saturated heterocycles. The van der Waals surface area contributed by atoms with Gasteiger partial charge in [0.1, 0.15) is 5.82 Å². The maximum Gasteiger partial charge on any atom is 0.229 e. The van der Waals surface area contributed by atoms with Gasteiger partial charge < -0.3 is 0 Å². The van der Waals surface area contributed by atoms with Crippen molar-refractivity contribution in [1.82, 2.24) is 9.78 Å². The Morgan fingerprint density at radius 2 is 2.05 bits per heavy atom. The molecule has 2 heterocycles. The lowest BCUT2D eigenvalue weighted by molar-refractivity contribution is -0.117. The van der Waals surface area contributed by atoms with Crippen LogP contribution in [0.15, 0.2) is 30.3 Å². The minimum Gasteiger partial charge on any atom is -0.295 e. The minimum atomic E-state index is -0.0173. The lowest BCUT2D eigenvalue weighted by atomic mass is 10.1. The fourth-order valence-electron chi connectivity index (χ4n) is 2.92. The number of carbonyl (C=O) groups excluding carboxylic acids is 1. The number of benzene rings is 1. The molecule has 0 radical (unpaired) electrons.